The topological polar surface area (TPSA) is 101 Å². The third-order valence-corrected chi connectivity index (χ3v) is 9.21. The van der Waals surface area contributed by atoms with Crippen LogP contribution in [0, 0.1) is 5.92 Å². The maximum Gasteiger partial charge on any atom is 0.244 e. The van der Waals surface area contributed by atoms with Crippen molar-refractivity contribution in [2.24, 2.45) is 5.92 Å². The summed E-state index contributed by atoms with van der Waals surface area (Å²) < 4.78 is 41.8. The van der Waals surface area contributed by atoms with Crippen LogP contribution in [0.15, 0.2) is 48.8 Å². The molecule has 0 spiro atoms. The molecule has 190 valence electrons. The third kappa shape index (κ3) is 4.31. The van der Waals surface area contributed by atoms with Gasteiger partial charge in [0.15, 0.2) is 11.3 Å². The number of fused-ring (bicyclic) bond motifs is 3. The molecule has 3 unspecified atom stereocenters. The van der Waals surface area contributed by atoms with Crippen LogP contribution in [-0.4, -0.2) is 57.4 Å². The van der Waals surface area contributed by atoms with Gasteiger partial charge in [0.25, 0.3) is 0 Å². The molecule has 1 aliphatic carbocycles. The highest BCUT2D eigenvalue weighted by Gasteiger charge is 2.39. The summed E-state index contributed by atoms with van der Waals surface area (Å²) in [5.41, 5.74) is 2.45. The fourth-order valence-electron chi connectivity index (χ4n) is 5.81. The Kier molecular flexibility index (Phi) is 6.27. The predicted molar refractivity (Wildman–Crippen MR) is 135 cm³/mol. The summed E-state index contributed by atoms with van der Waals surface area (Å²) in [5, 5.41) is 8.98. The van der Waals surface area contributed by atoms with Gasteiger partial charge in [-0.1, -0.05) is 43.7 Å². The summed E-state index contributed by atoms with van der Waals surface area (Å²) in [7, 11) is -3.65. The summed E-state index contributed by atoms with van der Waals surface area (Å²) in [6.45, 7) is 3.74. The highest BCUT2D eigenvalue weighted by molar-refractivity contribution is 7.89. The van der Waals surface area contributed by atoms with Crippen LogP contribution in [-0.2, 0) is 25.2 Å². The molecule has 2 fully saturated rings. The fourth-order valence-corrected chi connectivity index (χ4v) is 7.21. The van der Waals surface area contributed by atoms with E-state index < -0.39 is 10.0 Å². The van der Waals surface area contributed by atoms with Gasteiger partial charge in [0, 0.05) is 25.3 Å². The Morgan fingerprint density at radius 2 is 1.86 bits per heavy atom. The molecule has 4 aromatic rings. The molecule has 1 saturated carbocycles. The molecular formula is C26H31N5O4S. The zero-order valence-corrected chi connectivity index (χ0v) is 21.2. The number of ether oxygens (including phenoxy) is 2. The zero-order chi connectivity index (χ0) is 24.7. The number of rotatable bonds is 7. The lowest BCUT2D eigenvalue weighted by atomic mass is 9.93. The van der Waals surface area contributed by atoms with E-state index in [0.29, 0.717) is 22.7 Å². The van der Waals surface area contributed by atoms with Crippen molar-refractivity contribution in [1.29, 1.82) is 0 Å². The first-order valence-electron chi connectivity index (χ1n) is 12.7. The van der Waals surface area contributed by atoms with Crippen LogP contribution in [0.5, 0.6) is 0 Å². The number of nitrogens with zero attached hydrogens (tertiary/aromatic N) is 5. The number of hydrogen-bond acceptors (Lipinski definition) is 7. The fraction of sp³-hybridized carbons (Fsp3) is 0.500. The zero-order valence-electron chi connectivity index (χ0n) is 20.4. The van der Waals surface area contributed by atoms with Crippen LogP contribution in [0.4, 0.5) is 0 Å². The molecule has 3 atom stereocenters. The van der Waals surface area contributed by atoms with Crippen LogP contribution in [0.25, 0.3) is 16.8 Å². The Morgan fingerprint density at radius 1 is 1.06 bits per heavy atom. The summed E-state index contributed by atoms with van der Waals surface area (Å²) in [4.78, 5) is 4.47. The molecule has 2 aliphatic rings. The Balaban J connectivity index is 1.34. The van der Waals surface area contributed by atoms with E-state index in [9.17, 15) is 8.42 Å². The molecule has 1 saturated heterocycles. The van der Waals surface area contributed by atoms with Gasteiger partial charge in [0.05, 0.1) is 29.7 Å². The van der Waals surface area contributed by atoms with Crippen LogP contribution >= 0.6 is 0 Å². The maximum atomic E-state index is 13.3. The van der Waals surface area contributed by atoms with E-state index in [2.05, 4.69) is 22.1 Å². The standard InChI is InChI=1S/C26H31N5O4S/c1-2-19-14-21(35-20-9-12-34-13-10-20)15-22(19)25-29-28-24-16-27-26-23(31(24)25)8-11-30(26)36(32,33)17-18-6-4-3-5-7-18/h3-8,11,16,19-22H,2,9-10,12-15,17H2,1H3. The third-order valence-electron chi connectivity index (χ3n) is 7.61. The minimum absolute atomic E-state index is 0.0991. The lowest BCUT2D eigenvalue weighted by molar-refractivity contribution is -0.0668. The van der Waals surface area contributed by atoms with Gasteiger partial charge in [-0.25, -0.2) is 17.4 Å². The number of benzene rings is 1. The second kappa shape index (κ2) is 9.57. The van der Waals surface area contributed by atoms with Gasteiger partial charge < -0.3 is 9.47 Å². The van der Waals surface area contributed by atoms with Crippen molar-refractivity contribution < 1.29 is 17.9 Å². The van der Waals surface area contributed by atoms with Crippen molar-refractivity contribution in [3.8, 4) is 0 Å². The molecule has 1 aliphatic heterocycles. The van der Waals surface area contributed by atoms with E-state index in [1.807, 2.05) is 34.7 Å². The maximum absolute atomic E-state index is 13.3. The predicted octanol–water partition coefficient (Wildman–Crippen LogP) is 3.92. The van der Waals surface area contributed by atoms with Gasteiger partial charge >= 0.3 is 0 Å². The average molecular weight is 510 g/mol. The first kappa shape index (κ1) is 23.6. The molecular weight excluding hydrogens is 478 g/mol. The molecule has 6 rings (SSSR count). The Hall–Kier alpha value is -2.82. The van der Waals surface area contributed by atoms with Crippen molar-refractivity contribution in [2.45, 2.75) is 62.9 Å². The largest absolute Gasteiger partial charge is 0.381 e. The van der Waals surface area contributed by atoms with Crippen LogP contribution in [0.3, 0.4) is 0 Å². The van der Waals surface area contributed by atoms with Crippen molar-refractivity contribution in [3.05, 3.63) is 60.2 Å². The van der Waals surface area contributed by atoms with E-state index in [1.165, 1.54) is 3.97 Å². The summed E-state index contributed by atoms with van der Waals surface area (Å²) in [6, 6.07) is 11.0. The highest BCUT2D eigenvalue weighted by atomic mass is 32.2. The summed E-state index contributed by atoms with van der Waals surface area (Å²) in [5.74, 6) is 1.37. The van der Waals surface area contributed by atoms with E-state index in [4.69, 9.17) is 9.47 Å². The number of hydrogen-bond donors (Lipinski definition) is 0. The van der Waals surface area contributed by atoms with Crippen LogP contribution < -0.4 is 0 Å². The van der Waals surface area contributed by atoms with E-state index in [-0.39, 0.29) is 23.9 Å². The quantitative estimate of drug-likeness (QED) is 0.372. The van der Waals surface area contributed by atoms with Crippen molar-refractivity contribution >= 4 is 26.8 Å². The molecule has 1 aromatic carbocycles. The van der Waals surface area contributed by atoms with Gasteiger partial charge in [-0.2, -0.15) is 0 Å². The molecule has 0 N–H and O–H groups in total. The van der Waals surface area contributed by atoms with Crippen molar-refractivity contribution in [1.82, 2.24) is 23.6 Å². The Labute approximate surface area is 210 Å². The second-order valence-electron chi connectivity index (χ2n) is 9.89. The summed E-state index contributed by atoms with van der Waals surface area (Å²) in [6.07, 6.45) is 8.43. The van der Waals surface area contributed by atoms with Gasteiger partial charge in [0.1, 0.15) is 5.82 Å². The lowest BCUT2D eigenvalue weighted by Crippen LogP contribution is -2.27. The van der Waals surface area contributed by atoms with E-state index >= 15 is 0 Å². The Morgan fingerprint density at radius 3 is 2.64 bits per heavy atom. The van der Waals surface area contributed by atoms with E-state index in [0.717, 1.165) is 56.7 Å². The van der Waals surface area contributed by atoms with Crippen LogP contribution in [0.1, 0.15) is 56.3 Å². The Bertz CT molecular complexity index is 1460. The smallest absolute Gasteiger partial charge is 0.244 e. The molecule has 3 aromatic heterocycles. The molecule has 9 nitrogen and oxygen atoms in total. The highest BCUT2D eigenvalue weighted by Crippen LogP contribution is 2.43. The monoisotopic (exact) mass is 509 g/mol. The van der Waals surface area contributed by atoms with Crippen LogP contribution in [0.2, 0.25) is 0 Å². The average Bonchev–Trinajstić information content (AvgIpc) is 3.61. The van der Waals surface area contributed by atoms with Crippen molar-refractivity contribution in [3.63, 3.8) is 0 Å². The second-order valence-corrected chi connectivity index (χ2v) is 11.7. The molecule has 36 heavy (non-hydrogen) atoms. The number of aromatic nitrogens is 5. The van der Waals surface area contributed by atoms with Gasteiger partial charge in [-0.15, -0.1) is 10.2 Å². The SMILES string of the molecule is CCC1CC(OC2CCOCC2)CC1c1nnc2cnc3c(ccn3S(=O)(=O)Cc3ccccc3)n12. The first-order valence-corrected chi connectivity index (χ1v) is 14.4. The lowest BCUT2D eigenvalue weighted by Gasteiger charge is -2.25. The van der Waals surface area contributed by atoms with E-state index in [1.54, 1.807) is 18.5 Å². The molecule has 0 radical (unpaired) electrons. The molecule has 4 heterocycles. The van der Waals surface area contributed by atoms with Gasteiger partial charge in [-0.05, 0) is 43.2 Å². The van der Waals surface area contributed by atoms with Crippen molar-refractivity contribution in [2.75, 3.05) is 13.2 Å². The first-order chi connectivity index (χ1) is 17.5. The normalized spacial score (nSPS) is 23.6. The molecule has 10 heteroatoms. The molecule has 0 bridgehead atoms. The summed E-state index contributed by atoms with van der Waals surface area (Å²) >= 11 is 0. The molecule has 0 amide bonds. The minimum Gasteiger partial charge on any atom is -0.381 e. The van der Waals surface area contributed by atoms with Gasteiger partial charge in [-0.3, -0.25) is 4.40 Å². The van der Waals surface area contributed by atoms with Gasteiger partial charge in [0.2, 0.25) is 10.0 Å². The minimum atomic E-state index is -3.65.